The third-order valence-electron chi connectivity index (χ3n) is 3.27. The Morgan fingerprint density at radius 1 is 1.43 bits per heavy atom. The molecular formula is C14H16N4O3. The molecule has 0 unspecified atom stereocenters. The van der Waals surface area contributed by atoms with E-state index in [9.17, 15) is 14.9 Å². The SMILES string of the molecule is Cc1ccc(-c2nn(C(C)C)c(N)c2C=O)cc1[N+](=O)[O-]. The van der Waals surface area contributed by atoms with Gasteiger partial charge in [-0.3, -0.25) is 14.9 Å². The van der Waals surface area contributed by atoms with E-state index in [2.05, 4.69) is 5.10 Å². The number of aromatic nitrogens is 2. The van der Waals surface area contributed by atoms with Crippen LogP contribution >= 0.6 is 0 Å². The Bertz CT molecular complexity index is 719. The van der Waals surface area contributed by atoms with Crippen molar-refractivity contribution in [2.45, 2.75) is 26.8 Å². The molecule has 1 aromatic carbocycles. The first-order valence-electron chi connectivity index (χ1n) is 6.45. The largest absolute Gasteiger partial charge is 0.383 e. The molecule has 2 N–H and O–H groups in total. The number of nitro groups is 1. The van der Waals surface area contributed by atoms with Crippen molar-refractivity contribution in [1.29, 1.82) is 0 Å². The van der Waals surface area contributed by atoms with Gasteiger partial charge in [0.2, 0.25) is 0 Å². The van der Waals surface area contributed by atoms with E-state index in [1.807, 2.05) is 13.8 Å². The topological polar surface area (TPSA) is 104 Å². The molecule has 0 spiro atoms. The number of anilines is 1. The Balaban J connectivity index is 2.67. The second-order valence-corrected chi connectivity index (χ2v) is 5.06. The maximum absolute atomic E-state index is 11.3. The van der Waals surface area contributed by atoms with Gasteiger partial charge in [-0.05, 0) is 20.8 Å². The number of benzene rings is 1. The second-order valence-electron chi connectivity index (χ2n) is 5.06. The third kappa shape index (κ3) is 2.49. The fourth-order valence-electron chi connectivity index (χ4n) is 2.14. The molecule has 0 radical (unpaired) electrons. The lowest BCUT2D eigenvalue weighted by Gasteiger charge is -2.06. The van der Waals surface area contributed by atoms with Crippen LogP contribution in [0.25, 0.3) is 11.3 Å². The molecule has 0 saturated carbocycles. The van der Waals surface area contributed by atoms with Gasteiger partial charge in [0.05, 0.1) is 10.5 Å². The Morgan fingerprint density at radius 2 is 2.10 bits per heavy atom. The maximum atomic E-state index is 11.3. The lowest BCUT2D eigenvalue weighted by Crippen LogP contribution is -2.07. The third-order valence-corrected chi connectivity index (χ3v) is 3.27. The molecule has 7 nitrogen and oxygen atoms in total. The van der Waals surface area contributed by atoms with Gasteiger partial charge in [-0.25, -0.2) is 4.68 Å². The van der Waals surface area contributed by atoms with E-state index < -0.39 is 4.92 Å². The molecule has 21 heavy (non-hydrogen) atoms. The molecule has 0 aliphatic heterocycles. The van der Waals surface area contributed by atoms with Crippen LogP contribution in [0.3, 0.4) is 0 Å². The van der Waals surface area contributed by atoms with E-state index >= 15 is 0 Å². The normalized spacial score (nSPS) is 10.9. The fourth-order valence-corrected chi connectivity index (χ4v) is 2.14. The van der Waals surface area contributed by atoms with Gasteiger partial charge in [-0.2, -0.15) is 5.10 Å². The molecule has 1 heterocycles. The van der Waals surface area contributed by atoms with Crippen LogP contribution in [0.5, 0.6) is 0 Å². The highest BCUT2D eigenvalue weighted by molar-refractivity contribution is 5.92. The smallest absolute Gasteiger partial charge is 0.272 e. The van der Waals surface area contributed by atoms with E-state index in [0.29, 0.717) is 23.1 Å². The van der Waals surface area contributed by atoms with Crippen molar-refractivity contribution in [3.8, 4) is 11.3 Å². The lowest BCUT2D eigenvalue weighted by molar-refractivity contribution is -0.385. The maximum Gasteiger partial charge on any atom is 0.272 e. The standard InChI is InChI=1S/C14H16N4O3/c1-8(2)17-14(15)11(7-19)13(16-17)10-5-4-9(3)12(6-10)18(20)21/h4-8H,15H2,1-3H3. The summed E-state index contributed by atoms with van der Waals surface area (Å²) in [6, 6.07) is 4.72. The number of carbonyl (C=O) groups excluding carboxylic acids is 1. The average Bonchev–Trinajstić information content (AvgIpc) is 2.76. The Hall–Kier alpha value is -2.70. The molecule has 2 aromatic rings. The van der Waals surface area contributed by atoms with E-state index in [-0.39, 0.29) is 23.1 Å². The van der Waals surface area contributed by atoms with Crippen molar-refractivity contribution in [2.75, 3.05) is 5.73 Å². The van der Waals surface area contributed by atoms with E-state index in [4.69, 9.17) is 5.73 Å². The van der Waals surface area contributed by atoms with Crippen molar-refractivity contribution in [3.05, 3.63) is 39.4 Å². The zero-order chi connectivity index (χ0) is 15.7. The van der Waals surface area contributed by atoms with Crippen LogP contribution in [0.15, 0.2) is 18.2 Å². The van der Waals surface area contributed by atoms with Crippen LogP contribution < -0.4 is 5.73 Å². The van der Waals surface area contributed by atoms with Crippen molar-refractivity contribution < 1.29 is 9.72 Å². The minimum absolute atomic E-state index is 0.0120. The number of carbonyl (C=O) groups is 1. The van der Waals surface area contributed by atoms with Gasteiger partial charge >= 0.3 is 0 Å². The Labute approximate surface area is 121 Å². The summed E-state index contributed by atoms with van der Waals surface area (Å²) < 4.78 is 1.53. The highest BCUT2D eigenvalue weighted by Gasteiger charge is 2.20. The summed E-state index contributed by atoms with van der Waals surface area (Å²) in [6.45, 7) is 5.43. The number of hydrogen-bond acceptors (Lipinski definition) is 5. The van der Waals surface area contributed by atoms with Crippen LogP contribution in [0.1, 0.15) is 35.8 Å². The second kappa shape index (κ2) is 5.35. The first kappa shape index (κ1) is 14.7. The van der Waals surface area contributed by atoms with Crippen LogP contribution in [-0.2, 0) is 0 Å². The molecule has 0 amide bonds. The number of aldehydes is 1. The highest BCUT2D eigenvalue weighted by atomic mass is 16.6. The minimum Gasteiger partial charge on any atom is -0.383 e. The number of nitrogen functional groups attached to an aromatic ring is 1. The molecule has 0 saturated heterocycles. The van der Waals surface area contributed by atoms with Gasteiger partial charge in [-0.1, -0.05) is 12.1 Å². The predicted molar refractivity (Wildman–Crippen MR) is 79.2 cm³/mol. The summed E-state index contributed by atoms with van der Waals surface area (Å²) in [7, 11) is 0. The van der Waals surface area contributed by atoms with Crippen LogP contribution in [0.2, 0.25) is 0 Å². The van der Waals surface area contributed by atoms with Gasteiger partial charge in [0.15, 0.2) is 6.29 Å². The first-order valence-corrected chi connectivity index (χ1v) is 6.45. The monoisotopic (exact) mass is 288 g/mol. The number of nitrogens with zero attached hydrogens (tertiary/aromatic N) is 3. The van der Waals surface area contributed by atoms with Gasteiger partial charge < -0.3 is 5.73 Å². The summed E-state index contributed by atoms with van der Waals surface area (Å²) in [6.07, 6.45) is 0.627. The zero-order valence-electron chi connectivity index (χ0n) is 12.0. The summed E-state index contributed by atoms with van der Waals surface area (Å²) in [4.78, 5) is 21.8. The van der Waals surface area contributed by atoms with Gasteiger partial charge in [0.1, 0.15) is 11.5 Å². The van der Waals surface area contributed by atoms with E-state index in [1.54, 1.807) is 19.1 Å². The summed E-state index contributed by atoms with van der Waals surface area (Å²) in [5, 5.41) is 15.3. The number of aryl methyl sites for hydroxylation is 1. The number of hydrogen-bond donors (Lipinski definition) is 1. The summed E-state index contributed by atoms with van der Waals surface area (Å²) >= 11 is 0. The van der Waals surface area contributed by atoms with Crippen LogP contribution in [0, 0.1) is 17.0 Å². The Morgan fingerprint density at radius 3 is 2.62 bits per heavy atom. The molecule has 0 atom stereocenters. The van der Waals surface area contributed by atoms with E-state index in [1.165, 1.54) is 10.7 Å². The molecule has 0 bridgehead atoms. The highest BCUT2D eigenvalue weighted by Crippen LogP contribution is 2.31. The summed E-state index contributed by atoms with van der Waals surface area (Å²) in [5.41, 5.74) is 7.57. The van der Waals surface area contributed by atoms with Crippen molar-refractivity contribution in [2.24, 2.45) is 0 Å². The number of nitro benzene ring substituents is 1. The molecule has 7 heteroatoms. The Kier molecular flexibility index (Phi) is 3.75. The van der Waals surface area contributed by atoms with Crippen molar-refractivity contribution in [3.63, 3.8) is 0 Å². The predicted octanol–water partition coefficient (Wildman–Crippen LogP) is 2.74. The van der Waals surface area contributed by atoms with Crippen LogP contribution in [-0.4, -0.2) is 21.0 Å². The number of rotatable bonds is 4. The molecular weight excluding hydrogens is 272 g/mol. The summed E-state index contributed by atoms with van der Waals surface area (Å²) in [5.74, 6) is 0.262. The molecule has 1 aromatic heterocycles. The van der Waals surface area contributed by atoms with Gasteiger partial charge in [0.25, 0.3) is 5.69 Å². The van der Waals surface area contributed by atoms with Gasteiger partial charge in [0, 0.05) is 23.2 Å². The molecule has 0 fully saturated rings. The van der Waals surface area contributed by atoms with Gasteiger partial charge in [-0.15, -0.1) is 0 Å². The number of nitrogens with two attached hydrogens (primary N) is 1. The zero-order valence-corrected chi connectivity index (χ0v) is 12.0. The quantitative estimate of drug-likeness (QED) is 0.529. The molecule has 110 valence electrons. The van der Waals surface area contributed by atoms with Crippen LogP contribution in [0.4, 0.5) is 11.5 Å². The average molecular weight is 288 g/mol. The van der Waals surface area contributed by atoms with Crippen molar-refractivity contribution in [1.82, 2.24) is 9.78 Å². The van der Waals surface area contributed by atoms with E-state index in [0.717, 1.165) is 0 Å². The minimum atomic E-state index is -0.456. The molecule has 0 aliphatic rings. The van der Waals surface area contributed by atoms with Crippen molar-refractivity contribution >= 4 is 17.8 Å². The molecule has 2 rings (SSSR count). The lowest BCUT2D eigenvalue weighted by atomic mass is 10.0. The first-order chi connectivity index (χ1) is 9.86. The fraction of sp³-hybridized carbons (Fsp3) is 0.286. The molecule has 0 aliphatic carbocycles.